The molecule has 19 heavy (non-hydrogen) atoms. The number of hydrogen-bond donors (Lipinski definition) is 1. The number of hydrogen-bond acceptors (Lipinski definition) is 3. The van der Waals surface area contributed by atoms with Gasteiger partial charge in [0, 0.05) is 11.4 Å². The van der Waals surface area contributed by atoms with Crippen LogP contribution in [0.25, 0.3) is 0 Å². The number of rotatable bonds is 5. The van der Waals surface area contributed by atoms with Crippen molar-refractivity contribution in [2.75, 3.05) is 13.6 Å². The number of aliphatic carboxylic acids is 1. The predicted molar refractivity (Wildman–Crippen MR) is 78.2 cm³/mol. The number of benzene rings is 1. The molecule has 1 aliphatic carbocycles. The molecule has 1 aliphatic rings. The van der Waals surface area contributed by atoms with E-state index in [-0.39, 0.29) is 0 Å². The topological polar surface area (TPSA) is 40.5 Å². The van der Waals surface area contributed by atoms with Gasteiger partial charge in [0.05, 0.1) is 5.41 Å². The zero-order chi connectivity index (χ0) is 13.9. The first-order valence-electron chi connectivity index (χ1n) is 6.71. The minimum absolute atomic E-state index is 0.535. The molecule has 2 rings (SSSR count). The van der Waals surface area contributed by atoms with Crippen molar-refractivity contribution in [3.8, 4) is 0 Å². The third-order valence-corrected chi connectivity index (χ3v) is 4.75. The van der Waals surface area contributed by atoms with E-state index in [0.717, 1.165) is 30.6 Å². The van der Waals surface area contributed by atoms with Crippen molar-refractivity contribution in [2.24, 2.45) is 5.41 Å². The molecule has 1 saturated carbocycles. The Bertz CT molecular complexity index is 438. The van der Waals surface area contributed by atoms with E-state index < -0.39 is 11.4 Å². The molecule has 1 N–H and O–H groups in total. The molecule has 4 heteroatoms. The summed E-state index contributed by atoms with van der Waals surface area (Å²) in [6.07, 6.45) is 3.69. The van der Waals surface area contributed by atoms with Crippen LogP contribution in [0.15, 0.2) is 29.2 Å². The van der Waals surface area contributed by atoms with Crippen LogP contribution in [0.5, 0.6) is 0 Å². The van der Waals surface area contributed by atoms with Gasteiger partial charge in [-0.25, -0.2) is 4.31 Å². The summed E-state index contributed by atoms with van der Waals surface area (Å²) in [7, 11) is 1.98. The summed E-state index contributed by atoms with van der Waals surface area (Å²) in [5.74, 6) is -0.638. The molecule has 104 valence electrons. The number of aryl methyl sites for hydroxylation is 1. The van der Waals surface area contributed by atoms with Crippen molar-refractivity contribution < 1.29 is 9.90 Å². The van der Waals surface area contributed by atoms with Gasteiger partial charge >= 0.3 is 5.97 Å². The highest BCUT2D eigenvalue weighted by atomic mass is 32.2. The van der Waals surface area contributed by atoms with Crippen molar-refractivity contribution >= 4 is 17.9 Å². The minimum Gasteiger partial charge on any atom is -0.481 e. The summed E-state index contributed by atoms with van der Waals surface area (Å²) in [4.78, 5) is 12.7. The Kier molecular flexibility index (Phi) is 4.53. The average Bonchev–Trinajstić information content (AvgIpc) is 2.82. The van der Waals surface area contributed by atoms with E-state index in [1.54, 1.807) is 11.9 Å². The van der Waals surface area contributed by atoms with Gasteiger partial charge in [-0.15, -0.1) is 0 Å². The second-order valence-electron chi connectivity index (χ2n) is 5.48. The number of carbonyl (C=O) groups is 1. The van der Waals surface area contributed by atoms with Crippen LogP contribution in [0.1, 0.15) is 31.2 Å². The summed E-state index contributed by atoms with van der Waals surface area (Å²) in [6.45, 7) is 2.68. The molecule has 0 unspecified atom stereocenters. The van der Waals surface area contributed by atoms with Gasteiger partial charge in [-0.3, -0.25) is 4.79 Å². The standard InChI is InChI=1S/C15H21NO2S/c1-12-5-7-13(8-6-12)19-16(2)11-15(14(17)18)9-3-4-10-15/h5-8H,3-4,9-11H2,1-2H3,(H,17,18). The maximum Gasteiger partial charge on any atom is 0.310 e. The molecule has 0 heterocycles. The van der Waals surface area contributed by atoms with Crippen molar-refractivity contribution in [1.82, 2.24) is 4.31 Å². The Morgan fingerprint density at radius 3 is 2.42 bits per heavy atom. The van der Waals surface area contributed by atoms with Crippen LogP contribution in [-0.2, 0) is 4.79 Å². The lowest BCUT2D eigenvalue weighted by molar-refractivity contribution is -0.149. The van der Waals surface area contributed by atoms with Gasteiger partial charge in [-0.2, -0.15) is 0 Å². The van der Waals surface area contributed by atoms with E-state index >= 15 is 0 Å². The summed E-state index contributed by atoms with van der Waals surface area (Å²) in [5, 5.41) is 9.48. The number of nitrogens with zero attached hydrogens (tertiary/aromatic N) is 1. The molecule has 1 aromatic carbocycles. The molecule has 1 fully saturated rings. The maximum atomic E-state index is 11.5. The van der Waals surface area contributed by atoms with Crippen molar-refractivity contribution in [3.05, 3.63) is 29.8 Å². The van der Waals surface area contributed by atoms with Crippen molar-refractivity contribution in [2.45, 2.75) is 37.5 Å². The van der Waals surface area contributed by atoms with Gasteiger partial charge in [0.1, 0.15) is 0 Å². The average molecular weight is 279 g/mol. The first kappa shape index (κ1) is 14.4. The molecule has 0 amide bonds. The maximum absolute atomic E-state index is 11.5. The molecule has 0 radical (unpaired) electrons. The molecular weight excluding hydrogens is 258 g/mol. The fourth-order valence-electron chi connectivity index (χ4n) is 2.73. The summed E-state index contributed by atoms with van der Waals surface area (Å²) in [5.41, 5.74) is 0.705. The van der Waals surface area contributed by atoms with E-state index in [1.165, 1.54) is 5.56 Å². The lowest BCUT2D eigenvalue weighted by Gasteiger charge is -2.28. The lowest BCUT2D eigenvalue weighted by Crippen LogP contribution is -2.37. The number of carboxylic acid groups (broad SMARTS) is 1. The number of carboxylic acids is 1. The van der Waals surface area contributed by atoms with E-state index in [2.05, 4.69) is 35.5 Å². The van der Waals surface area contributed by atoms with Gasteiger partial charge in [-0.05, 0) is 50.9 Å². The van der Waals surface area contributed by atoms with Crippen LogP contribution in [0.2, 0.25) is 0 Å². The Hall–Kier alpha value is -1.00. The van der Waals surface area contributed by atoms with Gasteiger partial charge in [0.2, 0.25) is 0 Å². The molecule has 0 bridgehead atoms. The Morgan fingerprint density at radius 1 is 1.32 bits per heavy atom. The Labute approximate surface area is 119 Å². The minimum atomic E-state index is -0.638. The predicted octanol–water partition coefficient (Wildman–Crippen LogP) is 3.58. The van der Waals surface area contributed by atoms with E-state index in [9.17, 15) is 9.90 Å². The van der Waals surface area contributed by atoms with Gasteiger partial charge < -0.3 is 5.11 Å². The van der Waals surface area contributed by atoms with E-state index in [4.69, 9.17) is 0 Å². The molecular formula is C15H21NO2S. The quantitative estimate of drug-likeness (QED) is 0.836. The van der Waals surface area contributed by atoms with Gasteiger partial charge in [-0.1, -0.05) is 30.5 Å². The second kappa shape index (κ2) is 5.97. The highest BCUT2D eigenvalue weighted by Crippen LogP contribution is 2.40. The molecule has 0 saturated heterocycles. The van der Waals surface area contributed by atoms with E-state index in [0.29, 0.717) is 6.54 Å². The fourth-order valence-corrected chi connectivity index (χ4v) is 3.66. The zero-order valence-electron chi connectivity index (χ0n) is 11.6. The molecule has 3 nitrogen and oxygen atoms in total. The summed E-state index contributed by atoms with van der Waals surface area (Å²) < 4.78 is 2.06. The molecule has 1 aromatic rings. The first-order chi connectivity index (χ1) is 9.02. The first-order valence-corrected chi connectivity index (χ1v) is 7.48. The highest BCUT2D eigenvalue weighted by molar-refractivity contribution is 7.97. The largest absolute Gasteiger partial charge is 0.481 e. The van der Waals surface area contributed by atoms with Crippen LogP contribution < -0.4 is 0 Å². The lowest BCUT2D eigenvalue weighted by atomic mass is 9.86. The van der Waals surface area contributed by atoms with Crippen LogP contribution in [0.4, 0.5) is 0 Å². The molecule has 0 aromatic heterocycles. The zero-order valence-corrected chi connectivity index (χ0v) is 12.4. The van der Waals surface area contributed by atoms with Crippen LogP contribution in [0.3, 0.4) is 0 Å². The van der Waals surface area contributed by atoms with Crippen molar-refractivity contribution in [3.63, 3.8) is 0 Å². The Balaban J connectivity index is 1.98. The highest BCUT2D eigenvalue weighted by Gasteiger charge is 2.42. The van der Waals surface area contributed by atoms with Gasteiger partial charge in [0.25, 0.3) is 0 Å². The van der Waals surface area contributed by atoms with Crippen LogP contribution in [-0.4, -0.2) is 29.0 Å². The van der Waals surface area contributed by atoms with Crippen LogP contribution >= 0.6 is 11.9 Å². The van der Waals surface area contributed by atoms with Gasteiger partial charge in [0.15, 0.2) is 0 Å². The van der Waals surface area contributed by atoms with Crippen molar-refractivity contribution in [1.29, 1.82) is 0 Å². The summed E-state index contributed by atoms with van der Waals surface area (Å²) in [6, 6.07) is 8.33. The fraction of sp³-hybridized carbons (Fsp3) is 0.533. The van der Waals surface area contributed by atoms with E-state index in [1.807, 2.05) is 7.05 Å². The molecule has 0 aliphatic heterocycles. The molecule has 0 atom stereocenters. The smallest absolute Gasteiger partial charge is 0.310 e. The summed E-state index contributed by atoms with van der Waals surface area (Å²) >= 11 is 1.63. The Morgan fingerprint density at radius 2 is 1.89 bits per heavy atom. The van der Waals surface area contributed by atoms with Crippen LogP contribution in [0, 0.1) is 12.3 Å². The monoisotopic (exact) mass is 279 g/mol. The second-order valence-corrected chi connectivity index (χ2v) is 6.76. The SMILES string of the molecule is Cc1ccc(SN(C)CC2(C(=O)O)CCCC2)cc1. The third kappa shape index (κ3) is 3.51. The molecule has 0 spiro atoms. The third-order valence-electron chi connectivity index (χ3n) is 3.82. The normalized spacial score (nSPS) is 17.8.